The summed E-state index contributed by atoms with van der Waals surface area (Å²) in [6.07, 6.45) is -0.166. The molecule has 1 rings (SSSR count). The normalized spacial score (nSPS) is 32.9. The Labute approximate surface area is 103 Å². The van der Waals surface area contributed by atoms with E-state index in [0.29, 0.717) is 13.0 Å². The van der Waals surface area contributed by atoms with Crippen LogP contribution in [0.3, 0.4) is 0 Å². The molecule has 1 saturated heterocycles. The van der Waals surface area contributed by atoms with Crippen LogP contribution in [0.4, 0.5) is 0 Å². The van der Waals surface area contributed by atoms with Crippen LogP contribution in [0, 0.1) is 0 Å². The van der Waals surface area contributed by atoms with Crippen LogP contribution >= 0.6 is 7.82 Å². The fraction of sp³-hybridized carbons (Fsp3) is 1.00. The third-order valence-electron chi connectivity index (χ3n) is 2.48. The summed E-state index contributed by atoms with van der Waals surface area (Å²) in [6, 6.07) is -0.0161. The summed E-state index contributed by atoms with van der Waals surface area (Å²) >= 11 is 0. The van der Waals surface area contributed by atoms with E-state index in [4.69, 9.17) is 14.0 Å². The highest BCUT2D eigenvalue weighted by molar-refractivity contribution is 7.47. The van der Waals surface area contributed by atoms with Gasteiger partial charge in [0.15, 0.2) is 0 Å². The molecular weight excluding hydrogens is 246 g/mol. The Bertz CT molecular complexity index is 287. The van der Waals surface area contributed by atoms with Crippen LogP contribution in [0.15, 0.2) is 0 Å². The van der Waals surface area contributed by atoms with Crippen LogP contribution in [0.1, 0.15) is 20.3 Å². The maximum atomic E-state index is 11.3. The predicted molar refractivity (Wildman–Crippen MR) is 64.6 cm³/mol. The highest BCUT2D eigenvalue weighted by Gasteiger charge is 2.38. The van der Waals surface area contributed by atoms with Crippen molar-refractivity contribution in [2.75, 3.05) is 13.7 Å². The summed E-state index contributed by atoms with van der Waals surface area (Å²) in [4.78, 5) is 9.28. The second-order valence-corrected chi connectivity index (χ2v) is 5.91. The molecule has 1 unspecified atom stereocenters. The Morgan fingerprint density at radius 2 is 2.24 bits per heavy atom. The molecule has 0 radical (unpaired) electrons. The number of rotatable bonds is 6. The molecule has 1 fully saturated rings. The largest absolute Gasteiger partial charge is 0.472 e. The molecule has 6 nitrogen and oxygen atoms in total. The molecule has 8 heteroatoms. The summed E-state index contributed by atoms with van der Waals surface area (Å²) in [6.45, 7) is 4.18. The molecule has 0 aromatic carbocycles. The second-order valence-electron chi connectivity index (χ2n) is 4.40. The van der Waals surface area contributed by atoms with Crippen molar-refractivity contribution in [1.29, 1.82) is 0 Å². The van der Waals surface area contributed by atoms with E-state index in [1.165, 1.54) is 0 Å². The minimum Gasteiger partial charge on any atom is -0.379 e. The first-order chi connectivity index (χ1) is 7.84. The fourth-order valence-corrected chi connectivity index (χ4v) is 2.33. The van der Waals surface area contributed by atoms with Crippen LogP contribution in [-0.2, 0) is 23.1 Å². The summed E-state index contributed by atoms with van der Waals surface area (Å²) in [5.74, 6) is 0. The summed E-state index contributed by atoms with van der Waals surface area (Å²) < 4.78 is 31.8. The first-order valence-corrected chi connectivity index (χ1v) is 7.17. The zero-order valence-corrected chi connectivity index (χ0v) is 11.6. The standard InChI is InChI=1S/C9H20BO6P/c1-6(2)14-5-8-7(4-9(10)15-8)16-17(11,12)13-3/h6-9H,4-5,10H2,1-3H3,(H,11,12)/t7-,8+,9+/m0/s1. The van der Waals surface area contributed by atoms with E-state index in [0.717, 1.165) is 7.11 Å². The van der Waals surface area contributed by atoms with Gasteiger partial charge in [-0.05, 0) is 20.3 Å². The quantitative estimate of drug-likeness (QED) is 0.550. The van der Waals surface area contributed by atoms with Crippen LogP contribution in [-0.4, -0.2) is 50.8 Å². The molecule has 0 aliphatic carbocycles. The van der Waals surface area contributed by atoms with E-state index >= 15 is 0 Å². The van der Waals surface area contributed by atoms with E-state index in [9.17, 15) is 9.46 Å². The minimum atomic E-state index is -3.97. The number of phosphoric acid groups is 1. The SMILES string of the molecule is B[C@H]1C[C@H](OP(=O)(O)OC)[C@@H](COC(C)C)O1. The van der Waals surface area contributed by atoms with Gasteiger partial charge in [0.25, 0.3) is 0 Å². The maximum Gasteiger partial charge on any atom is 0.472 e. The van der Waals surface area contributed by atoms with Gasteiger partial charge in [-0.15, -0.1) is 0 Å². The number of ether oxygens (including phenoxy) is 2. The molecule has 0 aromatic heterocycles. The Balaban J connectivity index is 2.53. The Kier molecular flexibility index (Phi) is 5.63. The van der Waals surface area contributed by atoms with Crippen molar-refractivity contribution >= 4 is 15.7 Å². The third kappa shape index (κ3) is 5.08. The van der Waals surface area contributed by atoms with Gasteiger partial charge in [-0.25, -0.2) is 4.57 Å². The van der Waals surface area contributed by atoms with Gasteiger partial charge >= 0.3 is 7.82 Å². The Morgan fingerprint density at radius 3 is 2.76 bits per heavy atom. The Morgan fingerprint density at radius 1 is 1.59 bits per heavy atom. The van der Waals surface area contributed by atoms with E-state index in [1.54, 1.807) is 0 Å². The average molecular weight is 266 g/mol. The van der Waals surface area contributed by atoms with Crippen LogP contribution in [0.2, 0.25) is 0 Å². The van der Waals surface area contributed by atoms with Crippen molar-refractivity contribution in [2.24, 2.45) is 0 Å². The molecule has 0 spiro atoms. The van der Waals surface area contributed by atoms with E-state index in [-0.39, 0.29) is 18.2 Å². The van der Waals surface area contributed by atoms with E-state index in [1.807, 2.05) is 21.7 Å². The van der Waals surface area contributed by atoms with Gasteiger partial charge in [-0.2, -0.15) is 0 Å². The van der Waals surface area contributed by atoms with Crippen molar-refractivity contribution < 1.29 is 28.0 Å². The number of hydrogen-bond donors (Lipinski definition) is 1. The lowest BCUT2D eigenvalue weighted by atomic mass is 9.96. The zero-order chi connectivity index (χ0) is 13.1. The number of phosphoric ester groups is 1. The maximum absolute atomic E-state index is 11.3. The molecule has 1 N–H and O–H groups in total. The van der Waals surface area contributed by atoms with Crippen molar-refractivity contribution in [2.45, 2.75) is 44.6 Å². The summed E-state index contributed by atoms with van der Waals surface area (Å²) in [7, 11) is -0.941. The van der Waals surface area contributed by atoms with Gasteiger partial charge in [0.05, 0.1) is 18.8 Å². The molecule has 17 heavy (non-hydrogen) atoms. The first kappa shape index (κ1) is 15.2. The van der Waals surface area contributed by atoms with Crippen molar-refractivity contribution in [3.63, 3.8) is 0 Å². The summed E-state index contributed by atoms with van der Waals surface area (Å²) in [5.41, 5.74) is 0. The van der Waals surface area contributed by atoms with Crippen molar-refractivity contribution in [1.82, 2.24) is 0 Å². The highest BCUT2D eigenvalue weighted by atomic mass is 31.2. The van der Waals surface area contributed by atoms with Gasteiger partial charge in [0.1, 0.15) is 14.0 Å². The molecule has 1 aliphatic rings. The number of hydrogen-bond acceptors (Lipinski definition) is 5. The lowest BCUT2D eigenvalue weighted by Crippen LogP contribution is -2.30. The van der Waals surface area contributed by atoms with Crippen molar-refractivity contribution in [3.8, 4) is 0 Å². The molecule has 100 valence electrons. The molecular formula is C9H20BO6P. The predicted octanol–water partition coefficient (Wildman–Crippen LogP) is 0.291. The average Bonchev–Trinajstić information content (AvgIpc) is 2.55. The highest BCUT2D eigenvalue weighted by Crippen LogP contribution is 2.46. The van der Waals surface area contributed by atoms with Crippen LogP contribution in [0.5, 0.6) is 0 Å². The van der Waals surface area contributed by atoms with E-state index in [2.05, 4.69) is 4.52 Å². The molecule has 0 aromatic rings. The lowest BCUT2D eigenvalue weighted by molar-refractivity contribution is -0.0464. The summed E-state index contributed by atoms with van der Waals surface area (Å²) in [5, 5.41) is 0. The van der Waals surface area contributed by atoms with Crippen LogP contribution in [0.25, 0.3) is 0 Å². The van der Waals surface area contributed by atoms with Gasteiger partial charge in [-0.3, -0.25) is 9.05 Å². The molecule has 0 saturated carbocycles. The smallest absolute Gasteiger partial charge is 0.379 e. The lowest BCUT2D eigenvalue weighted by Gasteiger charge is -2.21. The Hall–Kier alpha value is 0.0949. The fourth-order valence-electron chi connectivity index (χ4n) is 1.68. The monoisotopic (exact) mass is 266 g/mol. The van der Waals surface area contributed by atoms with Gasteiger partial charge < -0.3 is 14.4 Å². The third-order valence-corrected chi connectivity index (χ3v) is 3.48. The van der Waals surface area contributed by atoms with Crippen molar-refractivity contribution in [3.05, 3.63) is 0 Å². The topological polar surface area (TPSA) is 74.2 Å². The van der Waals surface area contributed by atoms with E-state index < -0.39 is 13.9 Å². The molecule has 0 bridgehead atoms. The van der Waals surface area contributed by atoms with Gasteiger partial charge in [0.2, 0.25) is 0 Å². The molecule has 1 heterocycles. The zero-order valence-electron chi connectivity index (χ0n) is 10.7. The second kappa shape index (κ2) is 6.32. The molecule has 4 atom stereocenters. The minimum absolute atomic E-state index is 0.0161. The molecule has 1 aliphatic heterocycles. The van der Waals surface area contributed by atoms with Gasteiger partial charge in [-0.1, -0.05) is 0 Å². The van der Waals surface area contributed by atoms with Gasteiger partial charge in [0, 0.05) is 13.1 Å². The first-order valence-electron chi connectivity index (χ1n) is 5.68. The van der Waals surface area contributed by atoms with Crippen LogP contribution < -0.4 is 0 Å². The molecule has 0 amide bonds.